The predicted octanol–water partition coefficient (Wildman–Crippen LogP) is 2.23. The lowest BCUT2D eigenvalue weighted by Crippen LogP contribution is -2.02. The molecule has 5 heteroatoms. The third-order valence-electron chi connectivity index (χ3n) is 1.68. The standard InChI is InChI=1S/C9H11BrO3S/c1-7-3-4-8(5-9(7)10)6-13-14(2,11)12/h3-5H,6H2,1-2H3. The fraction of sp³-hybridized carbons (Fsp3) is 0.333. The van der Waals surface area contributed by atoms with Gasteiger partial charge in [-0.15, -0.1) is 0 Å². The van der Waals surface area contributed by atoms with Gasteiger partial charge in [0, 0.05) is 4.47 Å². The van der Waals surface area contributed by atoms with E-state index >= 15 is 0 Å². The topological polar surface area (TPSA) is 43.4 Å². The minimum absolute atomic E-state index is 0.0811. The quantitative estimate of drug-likeness (QED) is 0.797. The molecule has 0 aliphatic rings. The van der Waals surface area contributed by atoms with Crippen LogP contribution in [0.15, 0.2) is 22.7 Å². The average Bonchev–Trinajstić information content (AvgIpc) is 2.06. The van der Waals surface area contributed by atoms with Crippen LogP contribution in [-0.2, 0) is 20.9 Å². The fourth-order valence-electron chi connectivity index (χ4n) is 0.901. The summed E-state index contributed by atoms with van der Waals surface area (Å²) in [5.41, 5.74) is 1.93. The summed E-state index contributed by atoms with van der Waals surface area (Å²) in [6, 6.07) is 5.59. The van der Waals surface area contributed by atoms with Crippen molar-refractivity contribution < 1.29 is 12.6 Å². The molecule has 0 spiro atoms. The Bertz CT molecular complexity index is 426. The van der Waals surface area contributed by atoms with Crippen molar-refractivity contribution in [1.29, 1.82) is 0 Å². The molecular formula is C9H11BrO3S. The molecule has 0 heterocycles. The van der Waals surface area contributed by atoms with Crippen LogP contribution in [0.1, 0.15) is 11.1 Å². The van der Waals surface area contributed by atoms with Gasteiger partial charge in [0.15, 0.2) is 0 Å². The van der Waals surface area contributed by atoms with Gasteiger partial charge in [-0.05, 0) is 24.1 Å². The summed E-state index contributed by atoms with van der Waals surface area (Å²) >= 11 is 3.36. The number of hydrogen-bond acceptors (Lipinski definition) is 3. The van der Waals surface area contributed by atoms with Crippen LogP contribution in [0.5, 0.6) is 0 Å². The molecule has 3 nitrogen and oxygen atoms in total. The van der Waals surface area contributed by atoms with E-state index in [-0.39, 0.29) is 6.61 Å². The molecule has 0 saturated carbocycles. The van der Waals surface area contributed by atoms with E-state index < -0.39 is 10.1 Å². The highest BCUT2D eigenvalue weighted by atomic mass is 79.9. The monoisotopic (exact) mass is 278 g/mol. The van der Waals surface area contributed by atoms with Crippen molar-refractivity contribution in [2.45, 2.75) is 13.5 Å². The molecular weight excluding hydrogens is 268 g/mol. The zero-order chi connectivity index (χ0) is 10.8. The number of hydrogen-bond donors (Lipinski definition) is 0. The summed E-state index contributed by atoms with van der Waals surface area (Å²) in [7, 11) is -3.36. The van der Waals surface area contributed by atoms with Crippen molar-refractivity contribution in [3.8, 4) is 0 Å². The van der Waals surface area contributed by atoms with E-state index in [0.29, 0.717) is 0 Å². The molecule has 0 aromatic heterocycles. The Morgan fingerprint density at radius 2 is 2.07 bits per heavy atom. The summed E-state index contributed by atoms with van der Waals surface area (Å²) in [5.74, 6) is 0. The molecule has 0 saturated heterocycles. The van der Waals surface area contributed by atoms with Crippen LogP contribution in [0.25, 0.3) is 0 Å². The Labute approximate surface area is 92.3 Å². The first-order valence-electron chi connectivity index (χ1n) is 3.98. The molecule has 0 amide bonds. The molecule has 0 bridgehead atoms. The number of benzene rings is 1. The highest BCUT2D eigenvalue weighted by Gasteiger charge is 2.03. The Hall–Kier alpha value is -0.390. The minimum Gasteiger partial charge on any atom is -0.265 e. The van der Waals surface area contributed by atoms with E-state index in [4.69, 9.17) is 0 Å². The third-order valence-corrected chi connectivity index (χ3v) is 3.08. The number of aryl methyl sites for hydroxylation is 1. The van der Waals surface area contributed by atoms with Crippen LogP contribution in [0, 0.1) is 6.92 Å². The molecule has 0 aliphatic heterocycles. The van der Waals surface area contributed by atoms with E-state index in [9.17, 15) is 8.42 Å². The molecule has 0 fully saturated rings. The van der Waals surface area contributed by atoms with Gasteiger partial charge in [-0.1, -0.05) is 28.1 Å². The summed E-state index contributed by atoms with van der Waals surface area (Å²) < 4.78 is 27.1. The summed E-state index contributed by atoms with van der Waals surface area (Å²) in [6.07, 6.45) is 1.04. The maximum Gasteiger partial charge on any atom is 0.264 e. The summed E-state index contributed by atoms with van der Waals surface area (Å²) in [5, 5.41) is 0. The maximum atomic E-state index is 10.7. The van der Waals surface area contributed by atoms with Crippen LogP contribution in [-0.4, -0.2) is 14.7 Å². The molecule has 0 atom stereocenters. The van der Waals surface area contributed by atoms with E-state index in [1.165, 1.54) is 0 Å². The van der Waals surface area contributed by atoms with Crippen molar-refractivity contribution in [3.63, 3.8) is 0 Å². The largest absolute Gasteiger partial charge is 0.265 e. The van der Waals surface area contributed by atoms with E-state index in [2.05, 4.69) is 20.1 Å². The second kappa shape index (κ2) is 4.42. The Morgan fingerprint density at radius 1 is 1.43 bits per heavy atom. The van der Waals surface area contributed by atoms with Gasteiger partial charge in [0.1, 0.15) is 0 Å². The van der Waals surface area contributed by atoms with Gasteiger partial charge >= 0.3 is 0 Å². The van der Waals surface area contributed by atoms with Crippen molar-refractivity contribution in [2.75, 3.05) is 6.26 Å². The zero-order valence-electron chi connectivity index (χ0n) is 7.95. The van der Waals surface area contributed by atoms with Gasteiger partial charge in [-0.3, -0.25) is 4.18 Å². The van der Waals surface area contributed by atoms with Crippen LogP contribution in [0.4, 0.5) is 0 Å². The highest BCUT2D eigenvalue weighted by molar-refractivity contribution is 9.10. The van der Waals surface area contributed by atoms with Crippen LogP contribution in [0.3, 0.4) is 0 Å². The number of rotatable bonds is 3. The maximum absolute atomic E-state index is 10.7. The summed E-state index contributed by atoms with van der Waals surface area (Å²) in [6.45, 7) is 2.04. The van der Waals surface area contributed by atoms with Gasteiger partial charge in [0.2, 0.25) is 0 Å². The Kier molecular flexibility index (Phi) is 3.69. The van der Waals surface area contributed by atoms with Crippen LogP contribution >= 0.6 is 15.9 Å². The average molecular weight is 279 g/mol. The van der Waals surface area contributed by atoms with Crippen molar-refractivity contribution in [1.82, 2.24) is 0 Å². The van der Waals surface area contributed by atoms with Crippen molar-refractivity contribution >= 4 is 26.0 Å². The molecule has 1 aromatic rings. The lowest BCUT2D eigenvalue weighted by molar-refractivity contribution is 0.311. The van der Waals surface area contributed by atoms with Crippen molar-refractivity contribution in [3.05, 3.63) is 33.8 Å². The molecule has 1 aromatic carbocycles. The third kappa shape index (κ3) is 3.77. The number of halogens is 1. The zero-order valence-corrected chi connectivity index (χ0v) is 10.4. The second-order valence-electron chi connectivity index (χ2n) is 3.05. The van der Waals surface area contributed by atoms with Gasteiger partial charge in [0.05, 0.1) is 12.9 Å². The second-order valence-corrected chi connectivity index (χ2v) is 5.55. The summed E-state index contributed by atoms with van der Waals surface area (Å²) in [4.78, 5) is 0. The van der Waals surface area contributed by atoms with Crippen LogP contribution in [0.2, 0.25) is 0 Å². The smallest absolute Gasteiger partial charge is 0.264 e. The first kappa shape index (κ1) is 11.7. The van der Waals surface area contributed by atoms with E-state index in [0.717, 1.165) is 21.9 Å². The normalized spacial score (nSPS) is 11.6. The molecule has 0 unspecified atom stereocenters. The van der Waals surface area contributed by atoms with Gasteiger partial charge in [0.25, 0.3) is 10.1 Å². The molecule has 78 valence electrons. The lowest BCUT2D eigenvalue weighted by Gasteiger charge is -2.03. The molecule has 0 N–H and O–H groups in total. The Morgan fingerprint density at radius 3 is 2.57 bits per heavy atom. The lowest BCUT2D eigenvalue weighted by atomic mass is 10.2. The predicted molar refractivity (Wildman–Crippen MR) is 58.5 cm³/mol. The van der Waals surface area contributed by atoms with E-state index in [1.807, 2.05) is 25.1 Å². The van der Waals surface area contributed by atoms with Gasteiger partial charge in [-0.25, -0.2) is 0 Å². The molecule has 14 heavy (non-hydrogen) atoms. The van der Waals surface area contributed by atoms with Crippen molar-refractivity contribution in [2.24, 2.45) is 0 Å². The fourth-order valence-corrected chi connectivity index (χ4v) is 1.68. The first-order chi connectivity index (χ1) is 6.38. The van der Waals surface area contributed by atoms with E-state index in [1.54, 1.807) is 0 Å². The van der Waals surface area contributed by atoms with Gasteiger partial charge in [-0.2, -0.15) is 8.42 Å². The molecule has 0 aliphatic carbocycles. The van der Waals surface area contributed by atoms with Crippen LogP contribution < -0.4 is 0 Å². The van der Waals surface area contributed by atoms with Gasteiger partial charge < -0.3 is 0 Å². The minimum atomic E-state index is -3.36. The highest BCUT2D eigenvalue weighted by Crippen LogP contribution is 2.18. The molecule has 1 rings (SSSR count). The molecule has 0 radical (unpaired) electrons. The SMILES string of the molecule is Cc1ccc(COS(C)(=O)=O)cc1Br. The Balaban J connectivity index is 2.74. The first-order valence-corrected chi connectivity index (χ1v) is 6.59.